The van der Waals surface area contributed by atoms with Crippen molar-refractivity contribution < 1.29 is 27.8 Å². The highest BCUT2D eigenvalue weighted by atomic mass is 32.1. The Labute approximate surface area is 240 Å². The molecule has 41 heavy (non-hydrogen) atoms. The molecule has 5 rings (SSSR count). The van der Waals surface area contributed by atoms with Gasteiger partial charge in [-0.05, 0) is 43.0 Å². The van der Waals surface area contributed by atoms with Gasteiger partial charge in [0, 0.05) is 36.3 Å². The Balaban J connectivity index is 1.22. The van der Waals surface area contributed by atoms with Gasteiger partial charge in [0.15, 0.2) is 5.75 Å². The normalized spacial score (nSPS) is 19.0. The van der Waals surface area contributed by atoms with Crippen molar-refractivity contribution in [3.63, 3.8) is 0 Å². The van der Waals surface area contributed by atoms with Crippen molar-refractivity contribution in [1.82, 2.24) is 20.3 Å². The SMILES string of the molecule is CCOc1cc(-c2ccc(CN[C@H]3C[C@@H](O)[C@@H](N(C)c4ncnc5sc(CC(F)(F)F)cc45)C3)cc2)cnc1OC. The van der Waals surface area contributed by atoms with Crippen LogP contribution in [0.15, 0.2) is 48.9 Å². The van der Waals surface area contributed by atoms with Gasteiger partial charge in [-0.1, -0.05) is 24.3 Å². The Morgan fingerprint density at radius 1 is 1.10 bits per heavy atom. The average molecular weight is 588 g/mol. The number of aliphatic hydroxyl groups is 1. The minimum absolute atomic E-state index is 0.0669. The number of alkyl halides is 3. The van der Waals surface area contributed by atoms with Crippen molar-refractivity contribution >= 4 is 27.4 Å². The number of anilines is 1. The lowest BCUT2D eigenvalue weighted by Gasteiger charge is -2.28. The number of nitrogens with zero attached hydrogens (tertiary/aromatic N) is 4. The van der Waals surface area contributed by atoms with E-state index in [9.17, 15) is 18.3 Å². The fourth-order valence-corrected chi connectivity index (χ4v) is 6.29. The van der Waals surface area contributed by atoms with Crippen LogP contribution in [-0.4, -0.2) is 65.2 Å². The number of nitrogens with one attached hydrogen (secondary N) is 1. The lowest BCUT2D eigenvalue weighted by molar-refractivity contribution is -0.126. The van der Waals surface area contributed by atoms with Crippen molar-refractivity contribution in [2.75, 3.05) is 25.7 Å². The predicted octanol–water partition coefficient (Wildman–Crippen LogP) is 5.38. The summed E-state index contributed by atoms with van der Waals surface area (Å²) in [7, 11) is 3.38. The van der Waals surface area contributed by atoms with Crippen LogP contribution < -0.4 is 19.7 Å². The van der Waals surface area contributed by atoms with Crippen LogP contribution in [0.25, 0.3) is 21.3 Å². The molecule has 0 bridgehead atoms. The highest BCUT2D eigenvalue weighted by Crippen LogP contribution is 2.36. The van der Waals surface area contributed by atoms with Gasteiger partial charge in [0.1, 0.15) is 17.0 Å². The van der Waals surface area contributed by atoms with E-state index in [0.29, 0.717) is 53.7 Å². The molecule has 0 saturated heterocycles. The molecule has 2 N–H and O–H groups in total. The van der Waals surface area contributed by atoms with Gasteiger partial charge in [-0.2, -0.15) is 13.2 Å². The molecule has 1 aliphatic carbocycles. The summed E-state index contributed by atoms with van der Waals surface area (Å²) in [5.41, 5.74) is 3.03. The molecule has 3 atom stereocenters. The number of aromatic nitrogens is 3. The van der Waals surface area contributed by atoms with Gasteiger partial charge in [-0.3, -0.25) is 0 Å². The van der Waals surface area contributed by atoms with Crippen LogP contribution in [0.2, 0.25) is 0 Å². The molecule has 0 unspecified atom stereocenters. The first-order chi connectivity index (χ1) is 19.6. The van der Waals surface area contributed by atoms with Crippen LogP contribution in [0, 0.1) is 0 Å². The maximum absolute atomic E-state index is 12.9. The zero-order valence-corrected chi connectivity index (χ0v) is 23.8. The van der Waals surface area contributed by atoms with Crippen molar-refractivity contribution in [3.8, 4) is 22.8 Å². The number of halogens is 3. The summed E-state index contributed by atoms with van der Waals surface area (Å²) < 4.78 is 49.7. The molecule has 0 aliphatic heterocycles. The molecule has 0 amide bonds. The second-order valence-electron chi connectivity index (χ2n) is 10.1. The van der Waals surface area contributed by atoms with Gasteiger partial charge in [-0.25, -0.2) is 15.0 Å². The van der Waals surface area contributed by atoms with Gasteiger partial charge in [-0.15, -0.1) is 11.3 Å². The summed E-state index contributed by atoms with van der Waals surface area (Å²) in [4.78, 5) is 15.4. The molecule has 4 aromatic rings. The van der Waals surface area contributed by atoms with Crippen LogP contribution >= 0.6 is 11.3 Å². The maximum atomic E-state index is 12.9. The smallest absolute Gasteiger partial charge is 0.393 e. The third-order valence-electron chi connectivity index (χ3n) is 7.26. The molecule has 3 heterocycles. The fraction of sp³-hybridized carbons (Fsp3) is 0.414. The average Bonchev–Trinajstić information content (AvgIpc) is 3.53. The number of hydrogen-bond donors (Lipinski definition) is 2. The molecular weight excluding hydrogens is 555 g/mol. The lowest BCUT2D eigenvalue weighted by atomic mass is 10.1. The molecular formula is C29H32F3N5O3S. The summed E-state index contributed by atoms with van der Waals surface area (Å²) in [6, 6.07) is 11.4. The number of fused-ring (bicyclic) bond motifs is 1. The molecule has 218 valence electrons. The first-order valence-electron chi connectivity index (χ1n) is 13.4. The van der Waals surface area contributed by atoms with E-state index in [4.69, 9.17) is 9.47 Å². The lowest BCUT2D eigenvalue weighted by Crippen LogP contribution is -2.38. The third-order valence-corrected chi connectivity index (χ3v) is 8.30. The van der Waals surface area contributed by atoms with Crippen LogP contribution in [0.4, 0.5) is 19.0 Å². The highest BCUT2D eigenvalue weighted by molar-refractivity contribution is 7.18. The van der Waals surface area contributed by atoms with E-state index in [-0.39, 0.29) is 17.0 Å². The molecule has 0 radical (unpaired) electrons. The van der Waals surface area contributed by atoms with E-state index < -0.39 is 18.7 Å². The minimum atomic E-state index is -4.29. The van der Waals surface area contributed by atoms with Crippen molar-refractivity contribution in [1.29, 1.82) is 0 Å². The molecule has 3 aromatic heterocycles. The quantitative estimate of drug-likeness (QED) is 0.256. The number of ether oxygens (including phenoxy) is 2. The van der Waals surface area contributed by atoms with Crippen LogP contribution in [0.5, 0.6) is 11.6 Å². The van der Waals surface area contributed by atoms with Gasteiger partial charge >= 0.3 is 6.18 Å². The highest BCUT2D eigenvalue weighted by Gasteiger charge is 2.37. The molecule has 1 saturated carbocycles. The van der Waals surface area contributed by atoms with E-state index in [1.165, 1.54) is 12.4 Å². The topological polar surface area (TPSA) is 92.6 Å². The van der Waals surface area contributed by atoms with E-state index in [0.717, 1.165) is 28.0 Å². The summed E-state index contributed by atoms with van der Waals surface area (Å²) in [5.74, 6) is 1.58. The molecule has 1 aliphatic rings. The minimum Gasteiger partial charge on any atom is -0.488 e. The van der Waals surface area contributed by atoms with Crippen molar-refractivity contribution in [3.05, 3.63) is 59.4 Å². The number of likely N-dealkylation sites (N-methyl/N-ethyl adjacent to an activating group) is 1. The molecule has 0 spiro atoms. The van der Waals surface area contributed by atoms with Gasteiger partial charge in [0.25, 0.3) is 5.88 Å². The van der Waals surface area contributed by atoms with Gasteiger partial charge < -0.3 is 24.8 Å². The number of thiophene rings is 1. The van der Waals surface area contributed by atoms with Crippen molar-refractivity contribution in [2.24, 2.45) is 0 Å². The van der Waals surface area contributed by atoms with E-state index >= 15 is 0 Å². The molecule has 1 fully saturated rings. The Hall–Kier alpha value is -3.48. The summed E-state index contributed by atoms with van der Waals surface area (Å²) in [6.07, 6.45) is -1.56. The second-order valence-corrected chi connectivity index (χ2v) is 11.2. The largest absolute Gasteiger partial charge is 0.488 e. The number of hydrogen-bond acceptors (Lipinski definition) is 9. The van der Waals surface area contributed by atoms with Crippen molar-refractivity contribution in [2.45, 2.75) is 57.1 Å². The predicted molar refractivity (Wildman–Crippen MR) is 153 cm³/mol. The van der Waals surface area contributed by atoms with E-state index in [2.05, 4.69) is 32.4 Å². The van der Waals surface area contributed by atoms with Crippen LogP contribution in [-0.2, 0) is 13.0 Å². The number of rotatable bonds is 10. The number of methoxy groups -OCH3 is 1. The maximum Gasteiger partial charge on any atom is 0.393 e. The van der Waals surface area contributed by atoms with Gasteiger partial charge in [0.05, 0.1) is 37.7 Å². The van der Waals surface area contributed by atoms with Crippen LogP contribution in [0.1, 0.15) is 30.2 Å². The Kier molecular flexibility index (Phi) is 8.62. The summed E-state index contributed by atoms with van der Waals surface area (Å²) >= 11 is 1.02. The third kappa shape index (κ3) is 6.71. The fourth-order valence-electron chi connectivity index (χ4n) is 5.27. The molecule has 1 aromatic carbocycles. The number of pyridine rings is 1. The standard InChI is InChI=1S/C29H32F3N5O3S/c1-4-40-25-9-19(15-34-27(25)39-3)18-7-5-17(6-8-18)14-33-20-10-23(24(38)11-20)37(2)26-22-12-21(13-29(30,31)32)41-28(22)36-16-35-26/h5-9,12,15-16,20,23-24,33,38H,4,10-11,13-14H2,1-3H3/t20-,23+,24-/m1/s1. The summed E-state index contributed by atoms with van der Waals surface area (Å²) in [5, 5.41) is 15.0. The van der Waals surface area contributed by atoms with E-state index in [1.54, 1.807) is 13.3 Å². The Bertz CT molecular complexity index is 1480. The molecule has 12 heteroatoms. The monoisotopic (exact) mass is 587 g/mol. The second kappa shape index (κ2) is 12.2. The zero-order chi connectivity index (χ0) is 29.1. The zero-order valence-electron chi connectivity index (χ0n) is 23.0. The molecule has 8 nitrogen and oxygen atoms in total. The summed E-state index contributed by atoms with van der Waals surface area (Å²) in [6.45, 7) is 3.05. The van der Waals surface area contributed by atoms with Gasteiger partial charge in [0.2, 0.25) is 0 Å². The Morgan fingerprint density at radius 3 is 2.59 bits per heavy atom. The number of aliphatic hydroxyl groups excluding tert-OH is 1. The first-order valence-corrected chi connectivity index (χ1v) is 14.2. The Morgan fingerprint density at radius 2 is 1.88 bits per heavy atom. The van der Waals surface area contributed by atoms with Crippen LogP contribution in [0.3, 0.4) is 0 Å². The number of benzene rings is 1. The van der Waals surface area contributed by atoms with E-state index in [1.807, 2.05) is 37.1 Å². The first kappa shape index (κ1) is 29.0.